The first kappa shape index (κ1) is 19.6. The second-order valence-electron chi connectivity index (χ2n) is 5.60. The molecule has 8 heteroatoms. The number of hydrogen-bond acceptors (Lipinski definition) is 6. The van der Waals surface area contributed by atoms with Gasteiger partial charge < -0.3 is 14.2 Å². The third kappa shape index (κ3) is 3.91. The molecule has 0 bridgehead atoms. The highest BCUT2D eigenvalue weighted by Gasteiger charge is 2.22. The molecule has 0 saturated heterocycles. The molecule has 0 fully saturated rings. The van der Waals surface area contributed by atoms with Crippen molar-refractivity contribution < 1.29 is 27.4 Å². The second kappa shape index (κ2) is 7.65. The summed E-state index contributed by atoms with van der Waals surface area (Å²) in [6.07, 6.45) is 0. The van der Waals surface area contributed by atoms with Crippen LogP contribution in [0.2, 0.25) is 0 Å². The van der Waals surface area contributed by atoms with Crippen LogP contribution in [0.1, 0.15) is 21.5 Å². The minimum absolute atomic E-state index is 0.0116. The van der Waals surface area contributed by atoms with Gasteiger partial charge in [-0.2, -0.15) is 0 Å². The Morgan fingerprint density at radius 1 is 0.923 bits per heavy atom. The Morgan fingerprint density at radius 3 is 2.08 bits per heavy atom. The molecule has 0 unspecified atom stereocenters. The SMILES string of the molecule is COC(=O)c1cc(OC)c(OC)cc1NS(=O)(=O)c1ccc(C)c(C)c1. The molecule has 1 N–H and O–H groups in total. The quantitative estimate of drug-likeness (QED) is 0.776. The molecule has 0 amide bonds. The van der Waals surface area contributed by atoms with E-state index in [1.54, 1.807) is 12.1 Å². The summed E-state index contributed by atoms with van der Waals surface area (Å²) < 4.78 is 43.0. The zero-order valence-corrected chi connectivity index (χ0v) is 16.1. The topological polar surface area (TPSA) is 90.9 Å². The Morgan fingerprint density at radius 2 is 1.54 bits per heavy atom. The molecule has 0 aliphatic heterocycles. The number of carbonyl (C=O) groups excluding carboxylic acids is 1. The first-order valence-corrected chi connectivity index (χ1v) is 9.16. The third-order valence-corrected chi connectivity index (χ3v) is 5.33. The Bertz CT molecular complexity index is 937. The largest absolute Gasteiger partial charge is 0.493 e. The lowest BCUT2D eigenvalue weighted by Crippen LogP contribution is -2.16. The standard InChI is InChI=1S/C18H21NO6S/c1-11-6-7-13(8-12(11)2)26(21,22)19-15-10-17(24-4)16(23-3)9-14(15)18(20)25-5/h6-10,19H,1-5H3. The van der Waals surface area contributed by atoms with Crippen molar-refractivity contribution >= 4 is 21.7 Å². The Balaban J connectivity index is 2.55. The molecule has 0 aliphatic rings. The van der Waals surface area contributed by atoms with Crippen molar-refractivity contribution in [3.05, 3.63) is 47.0 Å². The molecule has 0 atom stereocenters. The predicted molar refractivity (Wildman–Crippen MR) is 97.6 cm³/mol. The lowest BCUT2D eigenvalue weighted by molar-refractivity contribution is 0.0601. The fourth-order valence-electron chi connectivity index (χ4n) is 2.33. The molecular formula is C18H21NO6S. The summed E-state index contributed by atoms with van der Waals surface area (Å²) in [5.41, 5.74) is 1.86. The van der Waals surface area contributed by atoms with Gasteiger partial charge in [-0.05, 0) is 37.1 Å². The Labute approximate surface area is 152 Å². The van der Waals surface area contributed by atoms with Crippen molar-refractivity contribution in [3.63, 3.8) is 0 Å². The van der Waals surface area contributed by atoms with Gasteiger partial charge in [-0.1, -0.05) is 6.07 Å². The van der Waals surface area contributed by atoms with Gasteiger partial charge in [0.05, 0.1) is 37.5 Å². The maximum absolute atomic E-state index is 12.7. The van der Waals surface area contributed by atoms with Crippen LogP contribution >= 0.6 is 0 Å². The lowest BCUT2D eigenvalue weighted by Gasteiger charge is -2.16. The molecule has 26 heavy (non-hydrogen) atoms. The van der Waals surface area contributed by atoms with Crippen molar-refractivity contribution in [3.8, 4) is 11.5 Å². The van der Waals surface area contributed by atoms with E-state index in [0.717, 1.165) is 11.1 Å². The summed E-state index contributed by atoms with van der Waals surface area (Å²) in [6, 6.07) is 7.53. The fraction of sp³-hybridized carbons (Fsp3) is 0.278. The fourth-order valence-corrected chi connectivity index (χ4v) is 3.48. The van der Waals surface area contributed by atoms with Crippen LogP contribution in [-0.4, -0.2) is 35.7 Å². The smallest absolute Gasteiger partial charge is 0.340 e. The Kier molecular flexibility index (Phi) is 5.76. The van der Waals surface area contributed by atoms with Crippen LogP contribution in [0, 0.1) is 13.8 Å². The average Bonchev–Trinajstić information content (AvgIpc) is 2.62. The van der Waals surface area contributed by atoms with E-state index >= 15 is 0 Å². The molecule has 7 nitrogen and oxygen atoms in total. The van der Waals surface area contributed by atoms with Gasteiger partial charge in [-0.15, -0.1) is 0 Å². The van der Waals surface area contributed by atoms with Crippen LogP contribution in [-0.2, 0) is 14.8 Å². The minimum atomic E-state index is -3.92. The van der Waals surface area contributed by atoms with Crippen LogP contribution in [0.15, 0.2) is 35.2 Å². The molecule has 2 aromatic carbocycles. The number of methoxy groups -OCH3 is 3. The minimum Gasteiger partial charge on any atom is -0.493 e. The van der Waals surface area contributed by atoms with Gasteiger partial charge >= 0.3 is 5.97 Å². The highest BCUT2D eigenvalue weighted by Crippen LogP contribution is 2.34. The molecular weight excluding hydrogens is 358 g/mol. The summed E-state index contributed by atoms with van der Waals surface area (Å²) in [7, 11) is 0.122. The summed E-state index contributed by atoms with van der Waals surface area (Å²) in [4.78, 5) is 12.2. The molecule has 0 radical (unpaired) electrons. The van der Waals surface area contributed by atoms with Gasteiger partial charge in [0.1, 0.15) is 0 Å². The van der Waals surface area contributed by atoms with Gasteiger partial charge in [0.15, 0.2) is 11.5 Å². The number of hydrogen-bond donors (Lipinski definition) is 1. The van der Waals surface area contributed by atoms with Crippen LogP contribution in [0.25, 0.3) is 0 Å². The monoisotopic (exact) mass is 379 g/mol. The first-order valence-electron chi connectivity index (χ1n) is 7.68. The van der Waals surface area contributed by atoms with E-state index in [9.17, 15) is 13.2 Å². The molecule has 140 valence electrons. The number of benzene rings is 2. The summed E-state index contributed by atoms with van der Waals surface area (Å²) >= 11 is 0. The molecule has 0 spiro atoms. The van der Waals surface area contributed by atoms with Gasteiger partial charge in [-0.3, -0.25) is 4.72 Å². The van der Waals surface area contributed by atoms with Crippen molar-refractivity contribution in [2.45, 2.75) is 18.7 Å². The molecule has 0 heterocycles. The van der Waals surface area contributed by atoms with E-state index < -0.39 is 16.0 Å². The predicted octanol–water partition coefficient (Wildman–Crippen LogP) is 2.91. The van der Waals surface area contributed by atoms with Crippen molar-refractivity contribution in [2.24, 2.45) is 0 Å². The lowest BCUT2D eigenvalue weighted by atomic mass is 10.1. The number of aryl methyl sites for hydroxylation is 2. The summed E-state index contributed by atoms with van der Waals surface area (Å²) in [6.45, 7) is 3.72. The number of carbonyl (C=O) groups is 1. The number of rotatable bonds is 6. The second-order valence-corrected chi connectivity index (χ2v) is 7.28. The molecule has 2 rings (SSSR count). The summed E-state index contributed by atoms with van der Waals surface area (Å²) in [5, 5.41) is 0. The van der Waals surface area contributed by atoms with E-state index in [4.69, 9.17) is 14.2 Å². The van der Waals surface area contributed by atoms with Crippen molar-refractivity contribution in [1.82, 2.24) is 0 Å². The van der Waals surface area contributed by atoms with Crippen LogP contribution in [0.3, 0.4) is 0 Å². The highest BCUT2D eigenvalue weighted by molar-refractivity contribution is 7.92. The number of esters is 1. The first-order chi connectivity index (χ1) is 12.2. The molecule has 2 aromatic rings. The average molecular weight is 379 g/mol. The van der Waals surface area contributed by atoms with E-state index in [0.29, 0.717) is 0 Å². The van der Waals surface area contributed by atoms with Gasteiger partial charge in [0.2, 0.25) is 0 Å². The normalized spacial score (nSPS) is 11.0. The number of anilines is 1. The van der Waals surface area contributed by atoms with E-state index in [-0.39, 0.29) is 27.6 Å². The van der Waals surface area contributed by atoms with E-state index in [2.05, 4.69) is 4.72 Å². The maximum atomic E-state index is 12.7. The van der Waals surface area contributed by atoms with E-state index in [1.807, 2.05) is 13.8 Å². The molecule has 0 aliphatic carbocycles. The zero-order chi connectivity index (χ0) is 19.5. The highest BCUT2D eigenvalue weighted by atomic mass is 32.2. The van der Waals surface area contributed by atoms with Crippen LogP contribution < -0.4 is 14.2 Å². The zero-order valence-electron chi connectivity index (χ0n) is 15.2. The maximum Gasteiger partial charge on any atom is 0.340 e. The van der Waals surface area contributed by atoms with Crippen molar-refractivity contribution in [1.29, 1.82) is 0 Å². The summed E-state index contributed by atoms with van der Waals surface area (Å²) in [5.74, 6) is -0.149. The molecule has 0 aromatic heterocycles. The number of nitrogens with one attached hydrogen (secondary N) is 1. The third-order valence-electron chi connectivity index (χ3n) is 3.96. The number of sulfonamides is 1. The van der Waals surface area contributed by atoms with Crippen LogP contribution in [0.4, 0.5) is 5.69 Å². The molecule has 0 saturated carbocycles. The van der Waals surface area contributed by atoms with Crippen molar-refractivity contribution in [2.75, 3.05) is 26.1 Å². The van der Waals surface area contributed by atoms with Gasteiger partial charge in [-0.25, -0.2) is 13.2 Å². The number of ether oxygens (including phenoxy) is 3. The van der Waals surface area contributed by atoms with Crippen LogP contribution in [0.5, 0.6) is 11.5 Å². The van der Waals surface area contributed by atoms with Gasteiger partial charge in [0.25, 0.3) is 10.0 Å². The van der Waals surface area contributed by atoms with E-state index in [1.165, 1.54) is 39.5 Å². The van der Waals surface area contributed by atoms with Gasteiger partial charge in [0, 0.05) is 12.1 Å². The Hall–Kier alpha value is -2.74.